The Morgan fingerprint density at radius 2 is 2.00 bits per heavy atom. The van der Waals surface area contributed by atoms with Gasteiger partial charge in [0.05, 0.1) is 18.3 Å². The van der Waals surface area contributed by atoms with Crippen LogP contribution in [0.5, 0.6) is 0 Å². The number of anilines is 1. The van der Waals surface area contributed by atoms with Crippen LogP contribution in [0.3, 0.4) is 0 Å². The third kappa shape index (κ3) is 4.89. The van der Waals surface area contributed by atoms with Gasteiger partial charge in [-0.3, -0.25) is 9.78 Å². The number of aromatic nitrogens is 1. The molecular formula is C15H25N3O. The van der Waals surface area contributed by atoms with Crippen LogP contribution in [0.2, 0.25) is 0 Å². The van der Waals surface area contributed by atoms with Crippen molar-refractivity contribution in [2.45, 2.75) is 40.0 Å². The van der Waals surface area contributed by atoms with E-state index in [-0.39, 0.29) is 5.91 Å². The number of nitrogens with zero attached hydrogens (tertiary/aromatic N) is 2. The average Bonchev–Trinajstić information content (AvgIpc) is 2.42. The minimum Gasteiger partial charge on any atom is -0.397 e. The Labute approximate surface area is 116 Å². The third-order valence-electron chi connectivity index (χ3n) is 3.55. The fourth-order valence-electron chi connectivity index (χ4n) is 2.07. The molecule has 0 atom stereocenters. The van der Waals surface area contributed by atoms with Crippen molar-refractivity contribution < 1.29 is 4.79 Å². The molecule has 0 aliphatic rings. The first-order valence-corrected chi connectivity index (χ1v) is 7.08. The molecule has 1 aromatic rings. The highest BCUT2D eigenvalue weighted by molar-refractivity contribution is 5.78. The molecular weight excluding hydrogens is 238 g/mol. The fourth-order valence-corrected chi connectivity index (χ4v) is 2.07. The van der Waals surface area contributed by atoms with Crippen LogP contribution in [0.1, 0.15) is 39.3 Å². The molecule has 0 spiro atoms. The first-order chi connectivity index (χ1) is 9.10. The molecule has 0 saturated carbocycles. The second-order valence-electron chi connectivity index (χ2n) is 4.87. The minimum atomic E-state index is 0.145. The first kappa shape index (κ1) is 15.5. The van der Waals surface area contributed by atoms with Gasteiger partial charge in [-0.2, -0.15) is 0 Å². The summed E-state index contributed by atoms with van der Waals surface area (Å²) in [6.07, 6.45) is 4.18. The van der Waals surface area contributed by atoms with E-state index in [1.165, 1.54) is 0 Å². The maximum atomic E-state index is 12.3. The number of pyridine rings is 1. The van der Waals surface area contributed by atoms with Crippen molar-refractivity contribution in [2.24, 2.45) is 5.92 Å². The number of nitrogens with two attached hydrogens (primary N) is 1. The van der Waals surface area contributed by atoms with E-state index in [2.05, 4.69) is 18.8 Å². The van der Waals surface area contributed by atoms with Crippen LogP contribution >= 0.6 is 0 Å². The molecule has 0 aromatic carbocycles. The second-order valence-corrected chi connectivity index (χ2v) is 4.87. The molecule has 0 radical (unpaired) electrons. The number of nitrogen functional groups attached to an aromatic ring is 1. The molecule has 4 heteroatoms. The lowest BCUT2D eigenvalue weighted by Crippen LogP contribution is -2.36. The Balaban J connectivity index is 2.60. The Bertz CT molecular complexity index is 385. The van der Waals surface area contributed by atoms with Gasteiger partial charge in [0.15, 0.2) is 0 Å². The molecule has 19 heavy (non-hydrogen) atoms. The number of rotatable bonds is 7. The SMILES string of the molecule is CCC(CC)CN(CC)C(=O)Cc1ccc(N)cn1. The lowest BCUT2D eigenvalue weighted by molar-refractivity contribution is -0.131. The predicted octanol–water partition coefficient (Wildman–Crippen LogP) is 2.49. The smallest absolute Gasteiger partial charge is 0.228 e. The zero-order valence-electron chi connectivity index (χ0n) is 12.2. The van der Waals surface area contributed by atoms with Gasteiger partial charge in [-0.1, -0.05) is 26.7 Å². The predicted molar refractivity (Wildman–Crippen MR) is 78.7 cm³/mol. The molecule has 0 aliphatic heterocycles. The van der Waals surface area contributed by atoms with Crippen LogP contribution in [0.25, 0.3) is 0 Å². The number of hydrogen-bond donors (Lipinski definition) is 1. The van der Waals surface area contributed by atoms with E-state index >= 15 is 0 Å². The topological polar surface area (TPSA) is 59.2 Å². The molecule has 1 amide bonds. The van der Waals surface area contributed by atoms with E-state index in [1.54, 1.807) is 12.3 Å². The van der Waals surface area contributed by atoms with Crippen LogP contribution in [0, 0.1) is 5.92 Å². The summed E-state index contributed by atoms with van der Waals surface area (Å²) < 4.78 is 0. The van der Waals surface area contributed by atoms with E-state index in [9.17, 15) is 4.79 Å². The largest absolute Gasteiger partial charge is 0.397 e. The van der Waals surface area contributed by atoms with Gasteiger partial charge in [0, 0.05) is 18.8 Å². The number of amides is 1. The van der Waals surface area contributed by atoms with Gasteiger partial charge in [0.2, 0.25) is 5.91 Å². The van der Waals surface area contributed by atoms with Crippen molar-refractivity contribution in [1.29, 1.82) is 0 Å². The van der Waals surface area contributed by atoms with Gasteiger partial charge >= 0.3 is 0 Å². The van der Waals surface area contributed by atoms with Gasteiger partial charge in [0.1, 0.15) is 0 Å². The Kier molecular flexibility index (Phi) is 6.33. The summed E-state index contributed by atoms with van der Waals surface area (Å²) in [5.74, 6) is 0.731. The molecule has 1 rings (SSSR count). The molecule has 0 saturated heterocycles. The normalized spacial score (nSPS) is 10.7. The van der Waals surface area contributed by atoms with E-state index in [0.29, 0.717) is 18.0 Å². The quantitative estimate of drug-likeness (QED) is 0.822. The number of likely N-dealkylation sites (N-methyl/N-ethyl adjacent to an activating group) is 1. The summed E-state index contributed by atoms with van der Waals surface area (Å²) in [7, 11) is 0. The lowest BCUT2D eigenvalue weighted by atomic mass is 10.0. The second kappa shape index (κ2) is 7.77. The first-order valence-electron chi connectivity index (χ1n) is 7.08. The highest BCUT2D eigenvalue weighted by atomic mass is 16.2. The Morgan fingerprint density at radius 1 is 1.32 bits per heavy atom. The lowest BCUT2D eigenvalue weighted by Gasteiger charge is -2.25. The van der Waals surface area contributed by atoms with Gasteiger partial charge in [0.25, 0.3) is 0 Å². The van der Waals surface area contributed by atoms with E-state index in [1.807, 2.05) is 17.9 Å². The zero-order chi connectivity index (χ0) is 14.3. The Morgan fingerprint density at radius 3 is 2.47 bits per heavy atom. The molecule has 0 fully saturated rings. The molecule has 0 unspecified atom stereocenters. The van der Waals surface area contributed by atoms with Crippen LogP contribution in [-0.2, 0) is 11.2 Å². The van der Waals surface area contributed by atoms with Gasteiger partial charge in [-0.05, 0) is 25.0 Å². The number of carbonyl (C=O) groups excluding carboxylic acids is 1. The average molecular weight is 263 g/mol. The summed E-state index contributed by atoms with van der Waals surface area (Å²) in [5, 5.41) is 0. The van der Waals surface area contributed by atoms with Crippen molar-refractivity contribution in [2.75, 3.05) is 18.8 Å². The molecule has 2 N–H and O–H groups in total. The summed E-state index contributed by atoms with van der Waals surface area (Å²) in [6, 6.07) is 3.60. The fraction of sp³-hybridized carbons (Fsp3) is 0.600. The molecule has 0 bridgehead atoms. The van der Waals surface area contributed by atoms with Gasteiger partial charge < -0.3 is 10.6 Å². The van der Waals surface area contributed by atoms with Crippen LogP contribution in [0.4, 0.5) is 5.69 Å². The highest BCUT2D eigenvalue weighted by Crippen LogP contribution is 2.11. The van der Waals surface area contributed by atoms with Crippen LogP contribution in [-0.4, -0.2) is 28.9 Å². The highest BCUT2D eigenvalue weighted by Gasteiger charge is 2.16. The molecule has 106 valence electrons. The minimum absolute atomic E-state index is 0.145. The summed E-state index contributed by atoms with van der Waals surface area (Å²) in [4.78, 5) is 18.4. The van der Waals surface area contributed by atoms with E-state index < -0.39 is 0 Å². The van der Waals surface area contributed by atoms with Crippen molar-refractivity contribution in [1.82, 2.24) is 9.88 Å². The van der Waals surface area contributed by atoms with Crippen LogP contribution in [0.15, 0.2) is 18.3 Å². The van der Waals surface area contributed by atoms with Crippen molar-refractivity contribution in [3.63, 3.8) is 0 Å². The van der Waals surface area contributed by atoms with Crippen LogP contribution < -0.4 is 5.73 Å². The zero-order valence-corrected chi connectivity index (χ0v) is 12.2. The Hall–Kier alpha value is -1.58. The van der Waals surface area contributed by atoms with Crippen molar-refractivity contribution in [3.8, 4) is 0 Å². The molecule has 0 aliphatic carbocycles. The standard InChI is InChI=1S/C15H25N3O/c1-4-12(5-2)11-18(6-3)15(19)9-14-8-7-13(16)10-17-14/h7-8,10,12H,4-6,9,11,16H2,1-3H3. The number of carbonyl (C=O) groups is 1. The van der Waals surface area contributed by atoms with E-state index in [4.69, 9.17) is 5.73 Å². The van der Waals surface area contributed by atoms with Crippen molar-refractivity contribution >= 4 is 11.6 Å². The van der Waals surface area contributed by atoms with Gasteiger partial charge in [-0.15, -0.1) is 0 Å². The molecule has 1 aromatic heterocycles. The maximum absolute atomic E-state index is 12.3. The summed E-state index contributed by atoms with van der Waals surface area (Å²) >= 11 is 0. The number of hydrogen-bond acceptors (Lipinski definition) is 3. The summed E-state index contributed by atoms with van der Waals surface area (Å²) in [6.45, 7) is 7.97. The summed E-state index contributed by atoms with van der Waals surface area (Å²) in [5.41, 5.74) is 6.99. The third-order valence-corrected chi connectivity index (χ3v) is 3.55. The molecule has 1 heterocycles. The molecule has 4 nitrogen and oxygen atoms in total. The van der Waals surface area contributed by atoms with Gasteiger partial charge in [-0.25, -0.2) is 0 Å². The van der Waals surface area contributed by atoms with E-state index in [0.717, 1.165) is 31.6 Å². The van der Waals surface area contributed by atoms with Crippen molar-refractivity contribution in [3.05, 3.63) is 24.0 Å². The monoisotopic (exact) mass is 263 g/mol. The maximum Gasteiger partial charge on any atom is 0.228 e.